The molecule has 0 heterocycles. The van der Waals surface area contributed by atoms with Crippen LogP contribution in [0.25, 0.3) is 0 Å². The van der Waals surface area contributed by atoms with Gasteiger partial charge in [-0.3, -0.25) is 0 Å². The van der Waals surface area contributed by atoms with Crippen LogP contribution in [0.15, 0.2) is 18.2 Å². The average molecular weight is 394 g/mol. The minimum atomic E-state index is 0.335. The molecular formula is C10H13Br2Ru-. The molecule has 0 aliphatic carbocycles. The summed E-state index contributed by atoms with van der Waals surface area (Å²) in [5.41, 5.74) is 2.63. The summed E-state index contributed by atoms with van der Waals surface area (Å²) in [6.45, 7) is 6.48. The Morgan fingerprint density at radius 1 is 1.38 bits per heavy atom. The number of halogens is 2. The molecule has 13 heavy (non-hydrogen) atoms. The molecule has 0 N–H and O–H groups in total. The van der Waals surface area contributed by atoms with Gasteiger partial charge in [-0.2, -0.15) is 35.4 Å². The Bertz CT molecular complexity index is 236. The molecule has 1 aromatic carbocycles. The molecule has 1 aromatic rings. The van der Waals surface area contributed by atoms with Gasteiger partial charge in [-0.15, -0.1) is 0 Å². The van der Waals surface area contributed by atoms with Gasteiger partial charge in [-0.05, 0) is 5.92 Å². The Morgan fingerprint density at radius 2 is 1.92 bits per heavy atom. The molecule has 0 saturated heterocycles. The predicted octanol–water partition coefficient (Wildman–Crippen LogP) is 4.61. The maximum absolute atomic E-state index is 3.21. The molecule has 76 valence electrons. The quantitative estimate of drug-likeness (QED) is 0.482. The molecule has 0 saturated carbocycles. The van der Waals surface area contributed by atoms with Crippen molar-refractivity contribution in [3.8, 4) is 0 Å². The molecule has 0 unspecified atom stereocenters. The summed E-state index contributed by atoms with van der Waals surface area (Å²) in [7, 11) is 0. The molecule has 0 aliphatic rings. The topological polar surface area (TPSA) is 0 Å². The molecule has 0 atom stereocenters. The van der Waals surface area contributed by atoms with Crippen molar-refractivity contribution in [3.63, 3.8) is 0 Å². The van der Waals surface area contributed by atoms with Crippen molar-refractivity contribution in [2.45, 2.75) is 26.7 Å². The summed E-state index contributed by atoms with van der Waals surface area (Å²) in [6, 6.07) is 9.46. The van der Waals surface area contributed by atoms with E-state index >= 15 is 0 Å². The Labute approximate surface area is 102 Å². The molecule has 0 bridgehead atoms. The van der Waals surface area contributed by atoms with Crippen LogP contribution < -0.4 is 0 Å². The van der Waals surface area contributed by atoms with Crippen LogP contribution in [0.4, 0.5) is 0 Å². The number of rotatable bonds is 1. The van der Waals surface area contributed by atoms with E-state index in [1.807, 2.05) is 6.07 Å². The minimum absolute atomic E-state index is 0.335. The van der Waals surface area contributed by atoms with Crippen molar-refractivity contribution >= 4 is 27.2 Å². The van der Waals surface area contributed by atoms with E-state index in [1.54, 1.807) is 0 Å². The van der Waals surface area contributed by atoms with Gasteiger partial charge in [-0.1, -0.05) is 20.8 Å². The summed E-state index contributed by atoms with van der Waals surface area (Å²) >= 11 is 6.64. The van der Waals surface area contributed by atoms with Gasteiger partial charge in [0.05, 0.1) is 0 Å². The van der Waals surface area contributed by atoms with Crippen molar-refractivity contribution in [2.75, 3.05) is 0 Å². The van der Waals surface area contributed by atoms with E-state index in [0.717, 1.165) is 0 Å². The zero-order valence-corrected chi connectivity index (χ0v) is 12.8. The first-order valence-corrected chi connectivity index (χ1v) is 11.9. The fraction of sp³-hybridized carbons (Fsp3) is 0.400. The molecule has 1 rings (SSSR count). The van der Waals surface area contributed by atoms with E-state index in [-0.39, 0.29) is 0 Å². The third-order valence-corrected chi connectivity index (χ3v) is 1.60. The second-order valence-electron chi connectivity index (χ2n) is 3.03. The summed E-state index contributed by atoms with van der Waals surface area (Å²) < 4.78 is 0. The monoisotopic (exact) mass is 393 g/mol. The van der Waals surface area contributed by atoms with Crippen LogP contribution in [0, 0.1) is 13.0 Å². The summed E-state index contributed by atoms with van der Waals surface area (Å²) in [5.74, 6) is 0.597. The number of aryl methyl sites for hydroxylation is 1. The van der Waals surface area contributed by atoms with Gasteiger partial charge in [0.1, 0.15) is 0 Å². The Balaban J connectivity index is 0.000000424. The summed E-state index contributed by atoms with van der Waals surface area (Å²) in [4.78, 5) is 0. The van der Waals surface area contributed by atoms with Crippen LogP contribution in [0.3, 0.4) is 0 Å². The normalized spacial score (nSPS) is 9.69. The Morgan fingerprint density at radius 3 is 2.23 bits per heavy atom. The van der Waals surface area contributed by atoms with Crippen molar-refractivity contribution < 1.29 is 13.2 Å². The summed E-state index contributed by atoms with van der Waals surface area (Å²) in [5, 5.41) is 0. The van der Waals surface area contributed by atoms with E-state index in [0.29, 0.717) is 19.1 Å². The fourth-order valence-electron chi connectivity index (χ4n) is 0.938. The van der Waals surface area contributed by atoms with Gasteiger partial charge in [0, 0.05) is 0 Å². The van der Waals surface area contributed by atoms with Gasteiger partial charge >= 0.3 is 40.5 Å². The summed E-state index contributed by atoms with van der Waals surface area (Å²) in [6.07, 6.45) is 0. The van der Waals surface area contributed by atoms with Gasteiger partial charge in [0.25, 0.3) is 0 Å². The van der Waals surface area contributed by atoms with Crippen LogP contribution in [0.1, 0.15) is 30.9 Å². The van der Waals surface area contributed by atoms with Crippen LogP contribution in [0.5, 0.6) is 0 Å². The van der Waals surface area contributed by atoms with Crippen molar-refractivity contribution in [1.82, 2.24) is 0 Å². The van der Waals surface area contributed by atoms with Gasteiger partial charge < -0.3 is 0 Å². The first-order valence-electron chi connectivity index (χ1n) is 3.95. The predicted molar refractivity (Wildman–Crippen MR) is 62.0 cm³/mol. The molecule has 0 fully saturated rings. The van der Waals surface area contributed by atoms with Crippen molar-refractivity contribution in [3.05, 3.63) is 35.4 Å². The first kappa shape index (κ1) is 13.8. The number of benzene rings is 1. The van der Waals surface area contributed by atoms with Gasteiger partial charge in [0.2, 0.25) is 0 Å². The van der Waals surface area contributed by atoms with E-state index < -0.39 is 0 Å². The molecule has 0 spiro atoms. The molecule has 0 radical (unpaired) electrons. The average Bonchev–Trinajstić information content (AvgIpc) is 2.05. The zero-order valence-electron chi connectivity index (χ0n) is 7.92. The molecule has 3 heteroatoms. The third kappa shape index (κ3) is 6.82. The second-order valence-corrected chi connectivity index (χ2v) is 11.0. The van der Waals surface area contributed by atoms with E-state index in [1.165, 1.54) is 11.1 Å². The van der Waals surface area contributed by atoms with E-state index in [9.17, 15) is 0 Å². The standard InChI is InChI=1S/C10H13.2BrH.Ru/c1-8(2)10-6-4-5-9(3)7-10;;;/h4-5,7-8H,1-3H3;2*1H;/q-1;;;+2/p-2. The molecule has 0 amide bonds. The molecule has 0 aromatic heterocycles. The SMILES string of the molecule is Cc1cc[c-]c(C(C)C)c1.[Br][Ru][Br]. The number of hydrogen-bond acceptors (Lipinski definition) is 0. The zero-order chi connectivity index (χ0) is 10.3. The van der Waals surface area contributed by atoms with Crippen molar-refractivity contribution in [2.24, 2.45) is 0 Å². The fourth-order valence-corrected chi connectivity index (χ4v) is 0.938. The van der Waals surface area contributed by atoms with Gasteiger partial charge in [-0.25, -0.2) is 0 Å². The van der Waals surface area contributed by atoms with Crippen LogP contribution in [0.2, 0.25) is 0 Å². The van der Waals surface area contributed by atoms with Crippen LogP contribution in [-0.4, -0.2) is 0 Å². The Kier molecular flexibility index (Phi) is 8.64. The molecular weight excluding hydrogens is 381 g/mol. The first-order chi connectivity index (χ1) is 6.11. The van der Waals surface area contributed by atoms with E-state index in [2.05, 4.69) is 66.2 Å². The maximum atomic E-state index is 3.21. The Hall–Kier alpha value is 0.803. The van der Waals surface area contributed by atoms with Gasteiger partial charge in [0.15, 0.2) is 0 Å². The van der Waals surface area contributed by atoms with E-state index in [4.69, 9.17) is 0 Å². The van der Waals surface area contributed by atoms with Crippen LogP contribution >= 0.6 is 27.2 Å². The third-order valence-electron chi connectivity index (χ3n) is 1.60. The van der Waals surface area contributed by atoms with Crippen LogP contribution in [-0.2, 0) is 13.2 Å². The molecule has 0 nitrogen and oxygen atoms in total. The molecule has 0 aliphatic heterocycles. The number of hydrogen-bond donors (Lipinski definition) is 0. The van der Waals surface area contributed by atoms with Crippen molar-refractivity contribution in [1.29, 1.82) is 0 Å². The second kappa shape index (κ2) is 8.14.